The van der Waals surface area contributed by atoms with Crippen molar-refractivity contribution in [3.8, 4) is 0 Å². The molecule has 0 aromatic heterocycles. The number of piperidine rings is 1. The number of nitrogens with two attached hydrogens (primary N) is 2. The predicted octanol–water partition coefficient (Wildman–Crippen LogP) is 0.330. The SMILES string of the molecule is CNC(=O)C1CCN(c2cccc(C(N)=O)c2N)CC1. The smallest absolute Gasteiger partial charge is 0.250 e. The lowest BCUT2D eigenvalue weighted by Crippen LogP contribution is -2.40. The van der Waals surface area contributed by atoms with Crippen molar-refractivity contribution in [1.29, 1.82) is 0 Å². The Kier molecular flexibility index (Phi) is 4.12. The standard InChI is InChI=1S/C14H20N4O2/c1-17-14(20)9-5-7-18(8-6-9)11-4-2-3-10(12(11)15)13(16)19/h2-4,9H,5-8,15H2,1H3,(H2,16,19)(H,17,20). The van der Waals surface area contributed by atoms with E-state index in [0.29, 0.717) is 11.3 Å². The average Bonchev–Trinajstić information content (AvgIpc) is 2.46. The first-order valence-corrected chi connectivity index (χ1v) is 6.69. The van der Waals surface area contributed by atoms with Crippen LogP contribution >= 0.6 is 0 Å². The fraction of sp³-hybridized carbons (Fsp3) is 0.429. The molecular formula is C14H20N4O2. The molecule has 0 aliphatic carbocycles. The van der Waals surface area contributed by atoms with Gasteiger partial charge in [0.25, 0.3) is 5.91 Å². The Bertz CT molecular complexity index is 522. The van der Waals surface area contributed by atoms with Crippen molar-refractivity contribution in [2.24, 2.45) is 11.7 Å². The Morgan fingerprint density at radius 1 is 1.30 bits per heavy atom. The number of primary amides is 1. The third-order valence-corrected chi connectivity index (χ3v) is 3.80. The molecule has 0 spiro atoms. The largest absolute Gasteiger partial charge is 0.396 e. The van der Waals surface area contributed by atoms with Gasteiger partial charge in [0.1, 0.15) is 0 Å². The second-order valence-electron chi connectivity index (χ2n) is 4.98. The molecule has 6 heteroatoms. The van der Waals surface area contributed by atoms with E-state index < -0.39 is 5.91 Å². The van der Waals surface area contributed by atoms with Crippen LogP contribution in [0.4, 0.5) is 11.4 Å². The molecule has 0 bridgehead atoms. The molecule has 1 aliphatic heterocycles. The number of hydrogen-bond acceptors (Lipinski definition) is 4. The Balaban J connectivity index is 2.13. The molecule has 2 rings (SSSR count). The highest BCUT2D eigenvalue weighted by molar-refractivity contribution is 6.00. The molecular weight excluding hydrogens is 256 g/mol. The zero-order chi connectivity index (χ0) is 14.7. The van der Waals surface area contributed by atoms with Crippen molar-refractivity contribution in [3.63, 3.8) is 0 Å². The Morgan fingerprint density at radius 2 is 1.95 bits per heavy atom. The van der Waals surface area contributed by atoms with Gasteiger partial charge in [0.2, 0.25) is 5.91 Å². The highest BCUT2D eigenvalue weighted by Gasteiger charge is 2.25. The highest BCUT2D eigenvalue weighted by atomic mass is 16.2. The zero-order valence-electron chi connectivity index (χ0n) is 11.6. The first kappa shape index (κ1) is 14.2. The van der Waals surface area contributed by atoms with Crippen LogP contribution in [0.1, 0.15) is 23.2 Å². The van der Waals surface area contributed by atoms with E-state index in [1.807, 2.05) is 6.07 Å². The maximum atomic E-state index is 11.6. The van der Waals surface area contributed by atoms with Gasteiger partial charge < -0.3 is 21.7 Å². The molecule has 0 saturated carbocycles. The van der Waals surface area contributed by atoms with Crippen LogP contribution in [0.3, 0.4) is 0 Å². The maximum absolute atomic E-state index is 11.6. The summed E-state index contributed by atoms with van der Waals surface area (Å²) in [6.45, 7) is 1.48. The van der Waals surface area contributed by atoms with Crippen molar-refractivity contribution in [1.82, 2.24) is 5.32 Å². The summed E-state index contributed by atoms with van der Waals surface area (Å²) in [6, 6.07) is 5.27. The van der Waals surface area contributed by atoms with Gasteiger partial charge in [-0.1, -0.05) is 6.07 Å². The lowest BCUT2D eigenvalue weighted by Gasteiger charge is -2.33. The molecule has 1 heterocycles. The fourth-order valence-electron chi connectivity index (χ4n) is 2.63. The van der Waals surface area contributed by atoms with Crippen molar-refractivity contribution in [2.45, 2.75) is 12.8 Å². The average molecular weight is 276 g/mol. The molecule has 5 N–H and O–H groups in total. The molecule has 0 atom stereocenters. The van der Waals surface area contributed by atoms with E-state index >= 15 is 0 Å². The number of carbonyl (C=O) groups excluding carboxylic acids is 2. The van der Waals surface area contributed by atoms with Gasteiger partial charge in [0.05, 0.1) is 16.9 Å². The second-order valence-corrected chi connectivity index (χ2v) is 4.98. The minimum atomic E-state index is -0.524. The van der Waals surface area contributed by atoms with Gasteiger partial charge in [-0.2, -0.15) is 0 Å². The van der Waals surface area contributed by atoms with Gasteiger partial charge in [-0.25, -0.2) is 0 Å². The van der Waals surface area contributed by atoms with E-state index in [1.165, 1.54) is 0 Å². The van der Waals surface area contributed by atoms with Crippen molar-refractivity contribution in [2.75, 3.05) is 30.8 Å². The lowest BCUT2D eigenvalue weighted by atomic mass is 9.95. The predicted molar refractivity (Wildman–Crippen MR) is 78.4 cm³/mol. The number of carbonyl (C=O) groups is 2. The van der Waals surface area contributed by atoms with Crippen molar-refractivity contribution >= 4 is 23.2 Å². The fourth-order valence-corrected chi connectivity index (χ4v) is 2.63. The Morgan fingerprint density at radius 3 is 2.50 bits per heavy atom. The molecule has 1 aliphatic rings. The Hall–Kier alpha value is -2.24. The summed E-state index contributed by atoms with van der Waals surface area (Å²) in [5.41, 5.74) is 12.9. The van der Waals surface area contributed by atoms with Crippen LogP contribution in [-0.2, 0) is 4.79 Å². The van der Waals surface area contributed by atoms with Gasteiger partial charge in [0.15, 0.2) is 0 Å². The molecule has 0 radical (unpaired) electrons. The van der Waals surface area contributed by atoms with Crippen molar-refractivity contribution < 1.29 is 9.59 Å². The molecule has 0 unspecified atom stereocenters. The van der Waals surface area contributed by atoms with Crippen LogP contribution in [-0.4, -0.2) is 32.0 Å². The number of nitrogens with one attached hydrogen (secondary N) is 1. The highest BCUT2D eigenvalue weighted by Crippen LogP contribution is 2.30. The normalized spacial score (nSPS) is 15.9. The number of nitrogen functional groups attached to an aromatic ring is 1. The van der Waals surface area contributed by atoms with Gasteiger partial charge in [-0.15, -0.1) is 0 Å². The van der Waals surface area contributed by atoms with Gasteiger partial charge in [-0.05, 0) is 25.0 Å². The number of rotatable bonds is 3. The van der Waals surface area contributed by atoms with E-state index in [9.17, 15) is 9.59 Å². The molecule has 6 nitrogen and oxygen atoms in total. The molecule has 108 valence electrons. The summed E-state index contributed by atoms with van der Waals surface area (Å²) in [7, 11) is 1.66. The van der Waals surface area contributed by atoms with Gasteiger partial charge in [0, 0.05) is 26.1 Å². The number of benzene rings is 1. The number of para-hydroxylation sites is 1. The van der Waals surface area contributed by atoms with E-state index in [4.69, 9.17) is 11.5 Å². The second kappa shape index (κ2) is 5.81. The number of amides is 2. The molecule has 1 saturated heterocycles. The van der Waals surface area contributed by atoms with E-state index in [0.717, 1.165) is 31.6 Å². The molecule has 1 fully saturated rings. The topological polar surface area (TPSA) is 101 Å². The van der Waals surface area contributed by atoms with E-state index in [-0.39, 0.29) is 11.8 Å². The molecule has 20 heavy (non-hydrogen) atoms. The third-order valence-electron chi connectivity index (χ3n) is 3.80. The van der Waals surface area contributed by atoms with Crippen LogP contribution in [0, 0.1) is 5.92 Å². The minimum Gasteiger partial charge on any atom is -0.396 e. The van der Waals surface area contributed by atoms with Crippen LogP contribution in [0.5, 0.6) is 0 Å². The monoisotopic (exact) mass is 276 g/mol. The molecule has 1 aromatic carbocycles. The van der Waals surface area contributed by atoms with E-state index in [1.54, 1.807) is 19.2 Å². The number of hydrogen-bond donors (Lipinski definition) is 3. The minimum absolute atomic E-state index is 0.0526. The zero-order valence-corrected chi connectivity index (χ0v) is 11.6. The van der Waals surface area contributed by atoms with Crippen LogP contribution in [0.25, 0.3) is 0 Å². The lowest BCUT2D eigenvalue weighted by molar-refractivity contribution is -0.125. The summed E-state index contributed by atoms with van der Waals surface area (Å²) >= 11 is 0. The summed E-state index contributed by atoms with van der Waals surface area (Å²) in [5.74, 6) is -0.384. The maximum Gasteiger partial charge on any atom is 0.250 e. The van der Waals surface area contributed by atoms with Crippen LogP contribution < -0.4 is 21.7 Å². The molecule has 2 amide bonds. The number of nitrogens with zero attached hydrogens (tertiary/aromatic N) is 1. The third kappa shape index (κ3) is 2.68. The summed E-state index contributed by atoms with van der Waals surface area (Å²) in [6.07, 6.45) is 1.56. The number of anilines is 2. The quantitative estimate of drug-likeness (QED) is 0.692. The first-order valence-electron chi connectivity index (χ1n) is 6.69. The van der Waals surface area contributed by atoms with Crippen LogP contribution in [0.2, 0.25) is 0 Å². The van der Waals surface area contributed by atoms with Gasteiger partial charge >= 0.3 is 0 Å². The van der Waals surface area contributed by atoms with Crippen molar-refractivity contribution in [3.05, 3.63) is 23.8 Å². The summed E-state index contributed by atoms with van der Waals surface area (Å²) in [4.78, 5) is 25.0. The molecule has 1 aromatic rings. The van der Waals surface area contributed by atoms with E-state index in [2.05, 4.69) is 10.2 Å². The first-order chi connectivity index (χ1) is 9.54. The Labute approximate surface area is 118 Å². The summed E-state index contributed by atoms with van der Waals surface area (Å²) < 4.78 is 0. The summed E-state index contributed by atoms with van der Waals surface area (Å²) in [5, 5.41) is 2.68. The van der Waals surface area contributed by atoms with Crippen LogP contribution in [0.15, 0.2) is 18.2 Å². The van der Waals surface area contributed by atoms with Gasteiger partial charge in [-0.3, -0.25) is 9.59 Å².